The Bertz CT molecular complexity index is 755. The topological polar surface area (TPSA) is 38.3 Å². The minimum atomic E-state index is -4.36. The monoisotopic (exact) mass is 363 g/mol. The summed E-state index contributed by atoms with van der Waals surface area (Å²) in [5, 5.41) is 2.59. The number of nitrogens with one attached hydrogen (secondary N) is 1. The molecule has 0 aromatic heterocycles. The second-order valence-corrected chi connectivity index (χ2v) is 5.81. The van der Waals surface area contributed by atoms with E-state index in [4.69, 9.17) is 4.74 Å². The van der Waals surface area contributed by atoms with E-state index in [2.05, 4.69) is 5.32 Å². The van der Waals surface area contributed by atoms with Crippen LogP contribution < -0.4 is 5.32 Å². The highest BCUT2D eigenvalue weighted by Crippen LogP contribution is 2.30. The number of aryl methyl sites for hydroxylation is 1. The third-order valence-corrected chi connectivity index (χ3v) is 3.53. The van der Waals surface area contributed by atoms with E-state index < -0.39 is 17.8 Å². The maximum atomic E-state index is 12.8. The maximum Gasteiger partial charge on any atom is 0.416 e. The Morgan fingerprint density at radius 1 is 1.15 bits per heavy atom. The third kappa shape index (κ3) is 6.63. The highest BCUT2D eigenvalue weighted by atomic mass is 19.4. The fraction of sp³-hybridized carbons (Fsp3) is 0.250. The first-order valence-corrected chi connectivity index (χ1v) is 8.14. The van der Waals surface area contributed by atoms with Gasteiger partial charge in [0.05, 0.1) is 5.56 Å². The summed E-state index contributed by atoms with van der Waals surface area (Å²) in [7, 11) is 0. The summed E-state index contributed by atoms with van der Waals surface area (Å²) in [6.07, 6.45) is -1.09. The molecule has 0 aliphatic heterocycles. The molecule has 138 valence electrons. The van der Waals surface area contributed by atoms with Gasteiger partial charge in [0.2, 0.25) is 0 Å². The fourth-order valence-electron chi connectivity index (χ4n) is 2.32. The number of rotatable bonds is 6. The quantitative estimate of drug-likeness (QED) is 0.703. The minimum absolute atomic E-state index is 0.187. The lowest BCUT2D eigenvalue weighted by molar-refractivity contribution is -0.137. The van der Waals surface area contributed by atoms with Crippen molar-refractivity contribution in [2.75, 3.05) is 6.54 Å². The lowest BCUT2D eigenvalue weighted by atomic mass is 10.1. The highest BCUT2D eigenvalue weighted by molar-refractivity contribution is 5.67. The lowest BCUT2D eigenvalue weighted by Crippen LogP contribution is -2.24. The normalized spacial score (nSPS) is 11.5. The number of ether oxygens (including phenoxy) is 1. The van der Waals surface area contributed by atoms with E-state index in [0.717, 1.165) is 17.7 Å². The van der Waals surface area contributed by atoms with Gasteiger partial charge in [0.1, 0.15) is 6.61 Å². The zero-order valence-electron chi connectivity index (χ0n) is 14.3. The van der Waals surface area contributed by atoms with E-state index in [-0.39, 0.29) is 6.61 Å². The lowest BCUT2D eigenvalue weighted by Gasteiger charge is -2.09. The highest BCUT2D eigenvalue weighted by Gasteiger charge is 2.30. The SMILES string of the molecule is Cc1cc(C=CCCNC(=O)OCc2ccccc2)cc(C(F)(F)F)c1. The largest absolute Gasteiger partial charge is 0.445 e. The predicted molar refractivity (Wildman–Crippen MR) is 94.5 cm³/mol. The van der Waals surface area contributed by atoms with Gasteiger partial charge in [0, 0.05) is 6.54 Å². The number of carbonyl (C=O) groups excluding carboxylic acids is 1. The van der Waals surface area contributed by atoms with Crippen molar-refractivity contribution in [3.05, 3.63) is 76.9 Å². The molecular weight excluding hydrogens is 343 g/mol. The second-order valence-electron chi connectivity index (χ2n) is 5.81. The molecule has 0 aliphatic carbocycles. The molecule has 2 aromatic carbocycles. The third-order valence-electron chi connectivity index (χ3n) is 3.53. The zero-order valence-corrected chi connectivity index (χ0v) is 14.3. The summed E-state index contributed by atoms with van der Waals surface area (Å²) in [6.45, 7) is 2.14. The molecule has 2 aromatic rings. The van der Waals surface area contributed by atoms with Crippen LogP contribution in [0.2, 0.25) is 0 Å². The summed E-state index contributed by atoms with van der Waals surface area (Å²) in [4.78, 5) is 11.6. The Balaban J connectivity index is 1.75. The smallest absolute Gasteiger partial charge is 0.416 e. The first kappa shape index (κ1) is 19.6. The van der Waals surface area contributed by atoms with E-state index >= 15 is 0 Å². The van der Waals surface area contributed by atoms with E-state index in [0.29, 0.717) is 24.1 Å². The van der Waals surface area contributed by atoms with Crippen LogP contribution in [0.3, 0.4) is 0 Å². The van der Waals surface area contributed by atoms with Crippen LogP contribution in [-0.2, 0) is 17.5 Å². The molecule has 0 heterocycles. The van der Waals surface area contributed by atoms with E-state index in [1.165, 1.54) is 0 Å². The molecule has 0 bridgehead atoms. The van der Waals surface area contributed by atoms with Gasteiger partial charge in [-0.15, -0.1) is 0 Å². The van der Waals surface area contributed by atoms with Gasteiger partial charge in [0.15, 0.2) is 0 Å². The van der Waals surface area contributed by atoms with E-state index in [9.17, 15) is 18.0 Å². The van der Waals surface area contributed by atoms with Crippen LogP contribution in [0.25, 0.3) is 6.08 Å². The Morgan fingerprint density at radius 2 is 1.88 bits per heavy atom. The van der Waals surface area contributed by atoms with Crippen LogP contribution in [0.1, 0.15) is 28.7 Å². The van der Waals surface area contributed by atoms with Crippen molar-refractivity contribution in [3.63, 3.8) is 0 Å². The van der Waals surface area contributed by atoms with Crippen molar-refractivity contribution in [1.82, 2.24) is 5.32 Å². The van der Waals surface area contributed by atoms with Gasteiger partial charge in [0.25, 0.3) is 0 Å². The average Bonchev–Trinajstić information content (AvgIpc) is 2.59. The summed E-state index contributed by atoms with van der Waals surface area (Å²) < 4.78 is 43.4. The van der Waals surface area contributed by atoms with Gasteiger partial charge in [-0.1, -0.05) is 48.6 Å². The van der Waals surface area contributed by atoms with Crippen LogP contribution in [0, 0.1) is 6.92 Å². The number of hydrogen-bond donors (Lipinski definition) is 1. The van der Waals surface area contributed by atoms with Gasteiger partial charge < -0.3 is 10.1 Å². The van der Waals surface area contributed by atoms with Gasteiger partial charge in [-0.25, -0.2) is 4.79 Å². The van der Waals surface area contributed by atoms with Crippen LogP contribution in [-0.4, -0.2) is 12.6 Å². The molecule has 0 radical (unpaired) electrons. The van der Waals surface area contributed by atoms with Crippen LogP contribution in [0.5, 0.6) is 0 Å². The molecule has 2 rings (SSSR count). The number of hydrogen-bond acceptors (Lipinski definition) is 2. The summed E-state index contributed by atoms with van der Waals surface area (Å²) in [5.74, 6) is 0. The number of alkyl halides is 3. The Hall–Kier alpha value is -2.76. The van der Waals surface area contributed by atoms with Crippen molar-refractivity contribution in [2.45, 2.75) is 26.1 Å². The molecule has 0 aliphatic rings. The number of amides is 1. The number of benzene rings is 2. The predicted octanol–water partition coefficient (Wildman–Crippen LogP) is 5.34. The molecule has 0 saturated carbocycles. The van der Waals surface area contributed by atoms with Gasteiger partial charge in [-0.2, -0.15) is 13.2 Å². The minimum Gasteiger partial charge on any atom is -0.445 e. The standard InChI is InChI=1S/C20H20F3NO2/c1-15-11-17(13-18(12-15)20(21,22)23)9-5-6-10-24-19(25)26-14-16-7-3-2-4-8-16/h2-5,7-9,11-13H,6,10,14H2,1H3,(H,24,25). The number of carbonyl (C=O) groups is 1. The molecule has 1 N–H and O–H groups in total. The molecule has 0 spiro atoms. The van der Waals surface area contributed by atoms with Crippen LogP contribution >= 0.6 is 0 Å². The Kier molecular flexibility index (Phi) is 6.83. The molecule has 0 saturated heterocycles. The molecule has 26 heavy (non-hydrogen) atoms. The zero-order chi connectivity index (χ0) is 19.0. The molecule has 0 unspecified atom stereocenters. The van der Waals surface area contributed by atoms with E-state index in [1.807, 2.05) is 30.3 Å². The van der Waals surface area contributed by atoms with E-state index in [1.54, 1.807) is 25.1 Å². The van der Waals surface area contributed by atoms with Crippen molar-refractivity contribution in [1.29, 1.82) is 0 Å². The van der Waals surface area contributed by atoms with Gasteiger partial charge in [-0.3, -0.25) is 0 Å². The Labute approximate surface area is 150 Å². The van der Waals surface area contributed by atoms with Crippen molar-refractivity contribution in [3.8, 4) is 0 Å². The van der Waals surface area contributed by atoms with Crippen LogP contribution in [0.15, 0.2) is 54.6 Å². The average molecular weight is 363 g/mol. The Morgan fingerprint density at radius 3 is 2.58 bits per heavy atom. The van der Waals surface area contributed by atoms with Crippen molar-refractivity contribution < 1.29 is 22.7 Å². The van der Waals surface area contributed by atoms with Gasteiger partial charge in [-0.05, 0) is 42.2 Å². The molecular formula is C20H20F3NO2. The molecule has 6 heteroatoms. The molecule has 1 amide bonds. The van der Waals surface area contributed by atoms with Crippen molar-refractivity contribution >= 4 is 12.2 Å². The first-order chi connectivity index (χ1) is 12.3. The number of alkyl carbamates (subject to hydrolysis) is 1. The molecule has 3 nitrogen and oxygen atoms in total. The van der Waals surface area contributed by atoms with Crippen LogP contribution in [0.4, 0.5) is 18.0 Å². The first-order valence-electron chi connectivity index (χ1n) is 8.14. The van der Waals surface area contributed by atoms with Gasteiger partial charge >= 0.3 is 12.3 Å². The number of halogens is 3. The summed E-state index contributed by atoms with van der Waals surface area (Å²) in [5.41, 5.74) is 1.24. The molecule has 0 atom stereocenters. The summed E-state index contributed by atoms with van der Waals surface area (Å²) in [6, 6.07) is 13.2. The maximum absolute atomic E-state index is 12.8. The second kappa shape index (κ2) is 9.08. The summed E-state index contributed by atoms with van der Waals surface area (Å²) >= 11 is 0. The molecule has 0 fully saturated rings. The van der Waals surface area contributed by atoms with Crippen molar-refractivity contribution in [2.24, 2.45) is 0 Å². The fourth-order valence-corrected chi connectivity index (χ4v) is 2.32.